The van der Waals surface area contributed by atoms with Crippen LogP contribution in [-0.4, -0.2) is 36.1 Å². The van der Waals surface area contributed by atoms with E-state index >= 15 is 0 Å². The average molecular weight is 482 g/mol. The van der Waals surface area contributed by atoms with Gasteiger partial charge in [0, 0.05) is 37.1 Å². The highest BCUT2D eigenvalue weighted by molar-refractivity contribution is 5.94. The van der Waals surface area contributed by atoms with E-state index in [1.54, 1.807) is 0 Å². The number of fused-ring (bicyclic) bond motifs is 1. The van der Waals surface area contributed by atoms with Gasteiger partial charge in [0.25, 0.3) is 5.91 Å². The van der Waals surface area contributed by atoms with Gasteiger partial charge in [0.2, 0.25) is 0 Å². The van der Waals surface area contributed by atoms with Crippen molar-refractivity contribution in [3.8, 4) is 22.6 Å². The largest absolute Gasteiger partial charge is 0.494 e. The molecule has 1 spiro atoms. The van der Waals surface area contributed by atoms with Gasteiger partial charge in [-0.3, -0.25) is 4.79 Å². The Labute approximate surface area is 214 Å². The highest BCUT2D eigenvalue weighted by Gasteiger charge is 2.38. The van der Waals surface area contributed by atoms with Gasteiger partial charge in [-0.25, -0.2) is 0 Å². The summed E-state index contributed by atoms with van der Waals surface area (Å²) in [4.78, 5) is 15.1. The molecular formula is C32H35NO3. The predicted molar refractivity (Wildman–Crippen MR) is 145 cm³/mol. The number of nitrogens with zero attached hydrogens (tertiary/aromatic N) is 1. The van der Waals surface area contributed by atoms with Crippen molar-refractivity contribution in [1.29, 1.82) is 0 Å². The third kappa shape index (κ3) is 5.48. The zero-order valence-corrected chi connectivity index (χ0v) is 21.1. The van der Waals surface area contributed by atoms with Crippen LogP contribution < -0.4 is 9.47 Å². The van der Waals surface area contributed by atoms with Crippen molar-refractivity contribution >= 4 is 12.0 Å². The van der Waals surface area contributed by atoms with E-state index < -0.39 is 0 Å². The van der Waals surface area contributed by atoms with Crippen molar-refractivity contribution in [2.45, 2.75) is 51.0 Å². The van der Waals surface area contributed by atoms with Gasteiger partial charge < -0.3 is 14.4 Å². The average Bonchev–Trinajstić information content (AvgIpc) is 2.93. The lowest BCUT2D eigenvalue weighted by Crippen LogP contribution is -2.49. The molecule has 2 aliphatic heterocycles. The Kier molecular flexibility index (Phi) is 7.41. The van der Waals surface area contributed by atoms with Gasteiger partial charge in [-0.05, 0) is 60.0 Å². The molecule has 2 aliphatic rings. The van der Waals surface area contributed by atoms with Crippen LogP contribution in [0.25, 0.3) is 17.2 Å². The van der Waals surface area contributed by atoms with E-state index in [1.807, 2.05) is 35.2 Å². The number of benzene rings is 3. The number of piperidine rings is 1. The van der Waals surface area contributed by atoms with E-state index in [4.69, 9.17) is 9.47 Å². The fraction of sp³-hybridized carbons (Fsp3) is 0.344. The van der Waals surface area contributed by atoms with Gasteiger partial charge in [0.05, 0.1) is 6.61 Å². The molecule has 36 heavy (non-hydrogen) atoms. The van der Waals surface area contributed by atoms with E-state index in [1.165, 1.54) is 30.4 Å². The molecule has 0 aromatic heterocycles. The summed E-state index contributed by atoms with van der Waals surface area (Å²) in [5.41, 5.74) is 3.86. The minimum Gasteiger partial charge on any atom is -0.494 e. The van der Waals surface area contributed by atoms with Crippen LogP contribution in [0.3, 0.4) is 0 Å². The number of ether oxygens (including phenoxy) is 2. The second-order valence-corrected chi connectivity index (χ2v) is 9.84. The summed E-state index contributed by atoms with van der Waals surface area (Å²) in [5, 5.41) is 0. The van der Waals surface area contributed by atoms with Crippen LogP contribution in [0.4, 0.5) is 0 Å². The van der Waals surface area contributed by atoms with Crippen molar-refractivity contribution in [3.05, 3.63) is 90.0 Å². The molecule has 4 nitrogen and oxygen atoms in total. The fourth-order valence-corrected chi connectivity index (χ4v) is 5.03. The molecule has 0 unspecified atom stereocenters. The number of unbranched alkanes of at least 4 members (excludes halogenated alkanes) is 3. The van der Waals surface area contributed by atoms with Crippen molar-refractivity contribution in [2.75, 3.05) is 19.7 Å². The summed E-state index contributed by atoms with van der Waals surface area (Å²) in [7, 11) is 0. The summed E-state index contributed by atoms with van der Waals surface area (Å²) in [6.07, 6.45) is 10.7. The number of amides is 1. The lowest BCUT2D eigenvalue weighted by molar-refractivity contribution is 0.0329. The van der Waals surface area contributed by atoms with Gasteiger partial charge in [-0.2, -0.15) is 0 Å². The van der Waals surface area contributed by atoms with Gasteiger partial charge in [-0.1, -0.05) is 68.7 Å². The minimum atomic E-state index is -0.340. The molecule has 4 heteroatoms. The summed E-state index contributed by atoms with van der Waals surface area (Å²) >= 11 is 0. The Morgan fingerprint density at radius 1 is 0.917 bits per heavy atom. The molecule has 186 valence electrons. The summed E-state index contributed by atoms with van der Waals surface area (Å²) in [5.74, 6) is 1.82. The van der Waals surface area contributed by atoms with Crippen molar-refractivity contribution < 1.29 is 14.3 Å². The topological polar surface area (TPSA) is 38.8 Å². The normalized spacial score (nSPS) is 15.9. The van der Waals surface area contributed by atoms with Gasteiger partial charge in [-0.15, -0.1) is 0 Å². The Bertz CT molecular complexity index is 1190. The highest BCUT2D eigenvalue weighted by atomic mass is 16.5. The number of likely N-dealkylation sites (tertiary alicyclic amines) is 1. The van der Waals surface area contributed by atoms with Gasteiger partial charge in [0.1, 0.15) is 17.1 Å². The lowest BCUT2D eigenvalue weighted by atomic mass is 9.87. The molecule has 1 fully saturated rings. The zero-order valence-electron chi connectivity index (χ0n) is 21.1. The molecule has 2 heterocycles. The molecule has 3 aromatic rings. The fourth-order valence-electron chi connectivity index (χ4n) is 5.03. The molecular weight excluding hydrogens is 446 g/mol. The Morgan fingerprint density at radius 3 is 2.44 bits per heavy atom. The second kappa shape index (κ2) is 11.0. The number of hydrogen-bond donors (Lipinski definition) is 0. The van der Waals surface area contributed by atoms with Crippen molar-refractivity contribution in [2.24, 2.45) is 0 Å². The SMILES string of the molecule is CCCCCCOc1ccc(C(=O)N2CCC3(C=Cc4cc(-c5ccccc5)ccc4O3)CC2)cc1. The zero-order chi connectivity index (χ0) is 24.8. The Balaban J connectivity index is 1.16. The summed E-state index contributed by atoms with van der Waals surface area (Å²) < 4.78 is 12.3. The number of hydrogen-bond acceptors (Lipinski definition) is 3. The van der Waals surface area contributed by atoms with Crippen molar-refractivity contribution in [3.63, 3.8) is 0 Å². The maximum Gasteiger partial charge on any atom is 0.253 e. The van der Waals surface area contributed by atoms with Crippen LogP contribution >= 0.6 is 0 Å². The molecule has 3 aromatic carbocycles. The van der Waals surface area contributed by atoms with Crippen LogP contribution in [0.2, 0.25) is 0 Å². The first-order valence-corrected chi connectivity index (χ1v) is 13.3. The third-order valence-electron chi connectivity index (χ3n) is 7.26. The molecule has 5 rings (SSSR count). The molecule has 0 radical (unpaired) electrons. The van der Waals surface area contributed by atoms with Crippen LogP contribution in [0.5, 0.6) is 11.5 Å². The third-order valence-corrected chi connectivity index (χ3v) is 7.26. The van der Waals surface area contributed by atoms with Crippen molar-refractivity contribution in [1.82, 2.24) is 4.90 Å². The van der Waals surface area contributed by atoms with E-state index in [0.29, 0.717) is 18.7 Å². The minimum absolute atomic E-state index is 0.0760. The molecule has 0 N–H and O–H groups in total. The maximum atomic E-state index is 13.1. The van der Waals surface area contributed by atoms with Gasteiger partial charge in [0.15, 0.2) is 0 Å². The monoisotopic (exact) mass is 481 g/mol. The smallest absolute Gasteiger partial charge is 0.253 e. The van der Waals surface area contributed by atoms with E-state index in [9.17, 15) is 4.79 Å². The highest BCUT2D eigenvalue weighted by Crippen LogP contribution is 2.39. The standard InChI is InChI=1S/C32H35NO3/c1-2-3-4-8-23-35-29-14-11-26(12-15-29)31(34)33-21-19-32(20-22-33)18-17-28-24-27(13-16-30(28)36-32)25-9-6-5-7-10-25/h5-7,9-18,24H,2-4,8,19-23H2,1H3. The summed E-state index contributed by atoms with van der Waals surface area (Å²) in [6.45, 7) is 4.29. The Morgan fingerprint density at radius 2 is 1.69 bits per heavy atom. The number of rotatable bonds is 8. The second-order valence-electron chi connectivity index (χ2n) is 9.84. The lowest BCUT2D eigenvalue weighted by Gasteiger charge is -2.42. The Hall–Kier alpha value is -3.53. The molecule has 0 saturated carbocycles. The van der Waals surface area contributed by atoms with E-state index in [-0.39, 0.29) is 11.5 Å². The van der Waals surface area contributed by atoms with Crippen LogP contribution in [0.15, 0.2) is 78.9 Å². The van der Waals surface area contributed by atoms with Crippen LogP contribution in [-0.2, 0) is 0 Å². The molecule has 0 atom stereocenters. The molecule has 1 amide bonds. The first-order valence-electron chi connectivity index (χ1n) is 13.3. The predicted octanol–water partition coefficient (Wildman–Crippen LogP) is 7.39. The molecule has 0 bridgehead atoms. The first-order chi connectivity index (χ1) is 17.7. The quantitative estimate of drug-likeness (QED) is 0.315. The van der Waals surface area contributed by atoms with E-state index in [2.05, 4.69) is 61.5 Å². The number of carbonyl (C=O) groups is 1. The van der Waals surface area contributed by atoms with Gasteiger partial charge >= 0.3 is 0 Å². The number of carbonyl (C=O) groups excluding carboxylic acids is 1. The first kappa shape index (κ1) is 24.2. The maximum absolute atomic E-state index is 13.1. The molecule has 0 aliphatic carbocycles. The van der Waals surface area contributed by atoms with Crippen LogP contribution in [0.1, 0.15) is 61.4 Å². The summed E-state index contributed by atoms with van der Waals surface area (Å²) in [6, 6.07) is 24.4. The molecule has 1 saturated heterocycles. The van der Waals surface area contributed by atoms with E-state index in [0.717, 1.165) is 42.9 Å². The van der Waals surface area contributed by atoms with Crippen LogP contribution in [0, 0.1) is 0 Å².